The van der Waals surface area contributed by atoms with Crippen LogP contribution in [-0.4, -0.2) is 80.4 Å². The Morgan fingerprint density at radius 1 is 1.18 bits per heavy atom. The van der Waals surface area contributed by atoms with Gasteiger partial charge >= 0.3 is 0 Å². The van der Waals surface area contributed by atoms with Crippen LogP contribution in [0, 0.1) is 0 Å². The summed E-state index contributed by atoms with van der Waals surface area (Å²) in [5.41, 5.74) is 3.54. The summed E-state index contributed by atoms with van der Waals surface area (Å²) in [6.07, 6.45) is 4.72. The summed E-state index contributed by atoms with van der Waals surface area (Å²) >= 11 is 1.64. The van der Waals surface area contributed by atoms with E-state index in [0.29, 0.717) is 49.4 Å². The largest absolute Gasteiger partial charge is 0.393 e. The fourth-order valence-corrected chi connectivity index (χ4v) is 5.67. The van der Waals surface area contributed by atoms with Gasteiger partial charge in [-0.3, -0.25) is 9.69 Å². The number of piperidine rings is 1. The number of hydrogen-bond donors (Lipinski definition) is 2. The van der Waals surface area contributed by atoms with Gasteiger partial charge in [0, 0.05) is 37.4 Å². The molecule has 1 amide bonds. The van der Waals surface area contributed by atoms with Gasteiger partial charge in [0.1, 0.15) is 5.82 Å². The smallest absolute Gasteiger partial charge is 0.251 e. The van der Waals surface area contributed by atoms with Crippen LogP contribution in [-0.2, 0) is 0 Å². The van der Waals surface area contributed by atoms with Crippen LogP contribution in [0.1, 0.15) is 44.0 Å². The van der Waals surface area contributed by atoms with Gasteiger partial charge < -0.3 is 15.3 Å². The van der Waals surface area contributed by atoms with Crippen molar-refractivity contribution in [1.82, 2.24) is 29.8 Å². The maximum absolute atomic E-state index is 13.4. The van der Waals surface area contributed by atoms with Gasteiger partial charge in [0.2, 0.25) is 0 Å². The number of aliphatic hydroxyl groups is 1. The van der Waals surface area contributed by atoms with Crippen LogP contribution in [0.5, 0.6) is 0 Å². The number of likely N-dealkylation sites (N-methyl/N-ethyl adjacent to an activating group) is 1. The molecule has 0 spiro atoms. The lowest BCUT2D eigenvalue weighted by Crippen LogP contribution is -2.42. The lowest BCUT2D eigenvalue weighted by molar-refractivity contribution is 0.0937. The van der Waals surface area contributed by atoms with Crippen molar-refractivity contribution in [3.05, 3.63) is 53.7 Å². The molecule has 9 nitrogen and oxygen atoms in total. The maximum Gasteiger partial charge on any atom is 0.251 e. The quantitative estimate of drug-likeness (QED) is 0.336. The monoisotopic (exact) mass is 533 g/mol. The van der Waals surface area contributed by atoms with Gasteiger partial charge in [0.15, 0.2) is 5.65 Å². The normalized spacial score (nSPS) is 15.3. The number of rotatable bonds is 9. The summed E-state index contributed by atoms with van der Waals surface area (Å²) in [6, 6.07) is 9.93. The molecule has 5 heterocycles. The molecule has 0 aromatic carbocycles. The SMILES string of the molecule is CCN(CC)C(C)CNC(=O)c1cc(-c2cnn3ccc(-c4cccs4)nc23)nc(N2CCC(O)CC2)c1. The third-order valence-electron chi connectivity index (χ3n) is 7.27. The topological polar surface area (TPSA) is 98.9 Å². The molecule has 5 rings (SSSR count). The van der Waals surface area contributed by atoms with Crippen LogP contribution in [0.3, 0.4) is 0 Å². The number of thiophene rings is 1. The molecule has 1 aliphatic heterocycles. The van der Waals surface area contributed by atoms with Crippen molar-refractivity contribution in [3.8, 4) is 21.8 Å². The summed E-state index contributed by atoms with van der Waals surface area (Å²) < 4.78 is 1.74. The molecule has 1 saturated heterocycles. The van der Waals surface area contributed by atoms with E-state index in [9.17, 15) is 9.90 Å². The molecule has 4 aromatic heterocycles. The zero-order valence-corrected chi connectivity index (χ0v) is 23.0. The summed E-state index contributed by atoms with van der Waals surface area (Å²) in [6.45, 7) is 10.2. The van der Waals surface area contributed by atoms with Gasteiger partial charge in [-0.05, 0) is 62.5 Å². The van der Waals surface area contributed by atoms with E-state index >= 15 is 0 Å². The zero-order chi connectivity index (χ0) is 26.6. The molecule has 4 aromatic rings. The first-order valence-electron chi connectivity index (χ1n) is 13.3. The number of carbonyl (C=O) groups is 1. The Morgan fingerprint density at radius 3 is 2.68 bits per heavy atom. The highest BCUT2D eigenvalue weighted by Gasteiger charge is 2.22. The van der Waals surface area contributed by atoms with Crippen molar-refractivity contribution in [2.75, 3.05) is 37.6 Å². The molecule has 0 saturated carbocycles. The highest BCUT2D eigenvalue weighted by Crippen LogP contribution is 2.30. The van der Waals surface area contributed by atoms with E-state index in [1.165, 1.54) is 0 Å². The Morgan fingerprint density at radius 2 is 1.97 bits per heavy atom. The highest BCUT2D eigenvalue weighted by atomic mass is 32.1. The Balaban J connectivity index is 1.50. The van der Waals surface area contributed by atoms with Gasteiger partial charge in [-0.15, -0.1) is 11.3 Å². The molecule has 1 unspecified atom stereocenters. The molecule has 0 bridgehead atoms. The number of fused-ring (bicyclic) bond motifs is 1. The molecule has 10 heteroatoms. The second-order valence-electron chi connectivity index (χ2n) is 9.71. The van der Waals surface area contributed by atoms with E-state index in [1.54, 1.807) is 22.0 Å². The van der Waals surface area contributed by atoms with Gasteiger partial charge in [0.25, 0.3) is 5.91 Å². The molecule has 0 radical (unpaired) electrons. The van der Waals surface area contributed by atoms with Crippen molar-refractivity contribution >= 4 is 28.7 Å². The number of aliphatic hydroxyl groups excluding tert-OH is 1. The average molecular weight is 534 g/mol. The summed E-state index contributed by atoms with van der Waals surface area (Å²) in [5, 5.41) is 19.7. The standard InChI is InChI=1S/C28H35N7O2S/c1-4-33(5-2)19(3)17-29-28(37)20-15-24(31-26(16-20)34-11-8-21(36)9-12-34)22-18-30-35-13-10-23(32-27(22)35)25-7-6-14-38-25/h6-7,10,13-16,18-19,21,36H,4-5,8-9,11-12,17H2,1-3H3,(H,29,37). The first kappa shape index (κ1) is 26.3. The number of nitrogens with zero attached hydrogens (tertiary/aromatic N) is 6. The first-order chi connectivity index (χ1) is 18.5. The van der Waals surface area contributed by atoms with Crippen molar-refractivity contribution in [2.45, 2.75) is 45.8 Å². The minimum atomic E-state index is -0.293. The molecule has 2 N–H and O–H groups in total. The van der Waals surface area contributed by atoms with Crippen molar-refractivity contribution in [3.63, 3.8) is 0 Å². The number of amides is 1. The van der Waals surface area contributed by atoms with Gasteiger partial charge in [0.05, 0.1) is 34.1 Å². The minimum absolute atomic E-state index is 0.130. The Bertz CT molecular complexity index is 1380. The van der Waals surface area contributed by atoms with Crippen molar-refractivity contribution < 1.29 is 9.90 Å². The van der Waals surface area contributed by atoms with Crippen LogP contribution >= 0.6 is 11.3 Å². The van der Waals surface area contributed by atoms with E-state index in [4.69, 9.17) is 9.97 Å². The number of pyridine rings is 1. The number of aromatic nitrogens is 4. The predicted molar refractivity (Wildman–Crippen MR) is 152 cm³/mol. The fourth-order valence-electron chi connectivity index (χ4n) is 4.97. The van der Waals surface area contributed by atoms with Gasteiger partial charge in [-0.25, -0.2) is 14.5 Å². The van der Waals surface area contributed by atoms with Crippen LogP contribution in [0.4, 0.5) is 5.82 Å². The molecular weight excluding hydrogens is 498 g/mol. The third kappa shape index (κ3) is 5.57. The molecule has 0 aliphatic carbocycles. The second kappa shape index (κ2) is 11.6. The molecular formula is C28H35N7O2S. The lowest BCUT2D eigenvalue weighted by Gasteiger charge is -2.31. The Kier molecular flexibility index (Phi) is 8.01. The van der Waals surface area contributed by atoms with Crippen LogP contribution in [0.15, 0.2) is 48.1 Å². The number of nitrogens with one attached hydrogen (secondary N) is 1. The number of carbonyl (C=O) groups excluding carboxylic acids is 1. The second-order valence-corrected chi connectivity index (χ2v) is 10.7. The van der Waals surface area contributed by atoms with E-state index in [1.807, 2.05) is 41.9 Å². The Hall–Kier alpha value is -3.34. The zero-order valence-electron chi connectivity index (χ0n) is 22.2. The number of hydrogen-bond acceptors (Lipinski definition) is 8. The van der Waals surface area contributed by atoms with Gasteiger partial charge in [-0.1, -0.05) is 19.9 Å². The van der Waals surface area contributed by atoms with E-state index in [-0.39, 0.29) is 18.1 Å². The molecule has 1 fully saturated rings. The van der Waals surface area contributed by atoms with Crippen LogP contribution in [0.25, 0.3) is 27.5 Å². The van der Waals surface area contributed by atoms with E-state index in [2.05, 4.69) is 41.0 Å². The molecule has 1 atom stereocenters. The number of anilines is 1. The average Bonchev–Trinajstić information content (AvgIpc) is 3.63. The summed E-state index contributed by atoms with van der Waals surface area (Å²) in [7, 11) is 0. The maximum atomic E-state index is 13.4. The van der Waals surface area contributed by atoms with E-state index < -0.39 is 0 Å². The fraction of sp³-hybridized carbons (Fsp3) is 0.429. The minimum Gasteiger partial charge on any atom is -0.393 e. The third-order valence-corrected chi connectivity index (χ3v) is 8.17. The summed E-state index contributed by atoms with van der Waals surface area (Å²) in [4.78, 5) is 28.8. The van der Waals surface area contributed by atoms with Crippen molar-refractivity contribution in [2.24, 2.45) is 0 Å². The first-order valence-corrected chi connectivity index (χ1v) is 14.2. The highest BCUT2D eigenvalue weighted by molar-refractivity contribution is 7.13. The van der Waals surface area contributed by atoms with Crippen LogP contribution < -0.4 is 10.2 Å². The molecule has 38 heavy (non-hydrogen) atoms. The molecule has 1 aliphatic rings. The Labute approximate surface area is 227 Å². The van der Waals surface area contributed by atoms with Crippen molar-refractivity contribution in [1.29, 1.82) is 0 Å². The predicted octanol–water partition coefficient (Wildman–Crippen LogP) is 3.94. The van der Waals surface area contributed by atoms with E-state index in [0.717, 1.165) is 35.0 Å². The van der Waals surface area contributed by atoms with Crippen LogP contribution in [0.2, 0.25) is 0 Å². The lowest BCUT2D eigenvalue weighted by atomic mass is 10.1. The summed E-state index contributed by atoms with van der Waals surface area (Å²) in [5.74, 6) is 0.597. The van der Waals surface area contributed by atoms with Gasteiger partial charge in [-0.2, -0.15) is 5.10 Å². The molecule has 200 valence electrons.